The Morgan fingerprint density at radius 1 is 1.33 bits per heavy atom. The molecule has 21 heavy (non-hydrogen) atoms. The van der Waals surface area contributed by atoms with Crippen molar-refractivity contribution in [2.24, 2.45) is 5.92 Å². The predicted octanol–water partition coefficient (Wildman–Crippen LogP) is 3.05. The third-order valence-electron chi connectivity index (χ3n) is 4.06. The van der Waals surface area contributed by atoms with Gasteiger partial charge in [0.05, 0.1) is 12.7 Å². The van der Waals surface area contributed by atoms with Crippen molar-refractivity contribution in [2.45, 2.75) is 39.0 Å². The molecule has 1 rings (SSSR count). The van der Waals surface area contributed by atoms with Gasteiger partial charge < -0.3 is 9.29 Å². The summed E-state index contributed by atoms with van der Waals surface area (Å²) >= 11 is -2.11. The van der Waals surface area contributed by atoms with Crippen LogP contribution in [0.4, 0.5) is 0 Å². The van der Waals surface area contributed by atoms with Gasteiger partial charge in [0.2, 0.25) is 0 Å². The predicted molar refractivity (Wildman–Crippen MR) is 83.0 cm³/mol. The molecule has 0 heterocycles. The molecule has 2 atom stereocenters. The number of esters is 1. The summed E-state index contributed by atoms with van der Waals surface area (Å²) in [5.41, 5.74) is 1.01. The van der Waals surface area contributed by atoms with Gasteiger partial charge in [0.15, 0.2) is 0 Å². The minimum Gasteiger partial charge on any atom is -0.772 e. The third kappa shape index (κ3) is 4.14. The van der Waals surface area contributed by atoms with Gasteiger partial charge in [-0.05, 0) is 30.0 Å². The molecule has 0 spiro atoms. The van der Waals surface area contributed by atoms with Gasteiger partial charge in [-0.2, -0.15) is 0 Å². The number of ether oxygens (including phenoxy) is 1. The van der Waals surface area contributed by atoms with Gasteiger partial charge in [0, 0.05) is 11.2 Å². The molecule has 2 unspecified atom stereocenters. The average molecular weight is 311 g/mol. The average Bonchev–Trinajstić information content (AvgIpc) is 2.45. The molecule has 0 N–H and O–H groups in total. The topological polar surface area (TPSA) is 66.4 Å². The highest BCUT2D eigenvalue weighted by atomic mass is 32.2. The van der Waals surface area contributed by atoms with Crippen LogP contribution in [0.5, 0.6) is 0 Å². The minimum absolute atomic E-state index is 0.0933. The van der Waals surface area contributed by atoms with E-state index < -0.39 is 16.5 Å². The van der Waals surface area contributed by atoms with Crippen LogP contribution in [0.2, 0.25) is 0 Å². The Balaban J connectivity index is 3.24. The molecule has 5 heteroatoms. The molecule has 0 fully saturated rings. The fourth-order valence-corrected chi connectivity index (χ4v) is 3.87. The lowest BCUT2D eigenvalue weighted by Gasteiger charge is -2.39. The zero-order valence-electron chi connectivity index (χ0n) is 13.0. The lowest BCUT2D eigenvalue weighted by atomic mass is 9.70. The number of benzene rings is 1. The Morgan fingerprint density at radius 2 is 1.90 bits per heavy atom. The maximum Gasteiger partial charge on any atom is 0.337 e. The van der Waals surface area contributed by atoms with Gasteiger partial charge in [-0.3, -0.25) is 4.21 Å². The van der Waals surface area contributed by atoms with E-state index in [1.807, 2.05) is 32.9 Å². The second-order valence-electron chi connectivity index (χ2n) is 5.58. The van der Waals surface area contributed by atoms with Crippen molar-refractivity contribution in [3.63, 3.8) is 0 Å². The second kappa shape index (κ2) is 7.71. The van der Waals surface area contributed by atoms with E-state index in [0.717, 1.165) is 18.4 Å². The summed E-state index contributed by atoms with van der Waals surface area (Å²) in [6.45, 7) is 6.13. The second-order valence-corrected chi connectivity index (χ2v) is 6.47. The Kier molecular flexibility index (Phi) is 6.55. The Labute approximate surface area is 129 Å². The summed E-state index contributed by atoms with van der Waals surface area (Å²) in [4.78, 5) is 11.5. The lowest BCUT2D eigenvalue weighted by molar-refractivity contribution is 0.0600. The van der Waals surface area contributed by atoms with Crippen LogP contribution in [0, 0.1) is 5.92 Å². The smallest absolute Gasteiger partial charge is 0.337 e. The largest absolute Gasteiger partial charge is 0.772 e. The SMILES string of the molecule is CCCC(CS(=O)[O-])(c1ccc(C(=O)OC)cc1)C(C)C. The molecule has 0 saturated heterocycles. The fraction of sp³-hybridized carbons (Fsp3) is 0.562. The fourth-order valence-electron chi connectivity index (χ4n) is 2.80. The molecule has 0 aliphatic heterocycles. The van der Waals surface area contributed by atoms with Crippen LogP contribution in [0.1, 0.15) is 49.5 Å². The quantitative estimate of drug-likeness (QED) is 0.573. The zero-order chi connectivity index (χ0) is 16.0. The van der Waals surface area contributed by atoms with E-state index in [4.69, 9.17) is 0 Å². The molecule has 0 radical (unpaired) electrons. The van der Waals surface area contributed by atoms with E-state index in [2.05, 4.69) is 4.74 Å². The van der Waals surface area contributed by atoms with Crippen molar-refractivity contribution in [1.82, 2.24) is 0 Å². The molecule has 0 aliphatic rings. The van der Waals surface area contributed by atoms with Crippen LogP contribution in [0.25, 0.3) is 0 Å². The standard InChI is InChI=1S/C16H24O4S/c1-5-10-16(12(2)3,11-21(18)19)14-8-6-13(7-9-14)15(17)20-4/h6-9,12H,5,10-11H2,1-4H3,(H,18,19)/p-1. The van der Waals surface area contributed by atoms with E-state index in [9.17, 15) is 13.6 Å². The van der Waals surface area contributed by atoms with Crippen LogP contribution < -0.4 is 0 Å². The van der Waals surface area contributed by atoms with Crippen LogP contribution in [0.15, 0.2) is 24.3 Å². The summed E-state index contributed by atoms with van der Waals surface area (Å²) in [7, 11) is 1.34. The maximum atomic E-state index is 11.5. The maximum absolute atomic E-state index is 11.5. The van der Waals surface area contributed by atoms with Crippen molar-refractivity contribution in [3.05, 3.63) is 35.4 Å². The van der Waals surface area contributed by atoms with E-state index >= 15 is 0 Å². The van der Waals surface area contributed by atoms with E-state index in [0.29, 0.717) is 5.56 Å². The third-order valence-corrected chi connectivity index (χ3v) is 4.81. The van der Waals surface area contributed by atoms with Crippen molar-refractivity contribution < 1.29 is 18.3 Å². The number of rotatable bonds is 7. The molecule has 0 aromatic heterocycles. The Hall–Kier alpha value is -1.20. The zero-order valence-corrected chi connectivity index (χ0v) is 13.9. The van der Waals surface area contributed by atoms with Crippen LogP contribution in [0.3, 0.4) is 0 Å². The van der Waals surface area contributed by atoms with Crippen molar-refractivity contribution in [3.8, 4) is 0 Å². The minimum atomic E-state index is -2.11. The lowest BCUT2D eigenvalue weighted by Crippen LogP contribution is -2.38. The van der Waals surface area contributed by atoms with Crippen molar-refractivity contribution in [1.29, 1.82) is 0 Å². The molecule has 118 valence electrons. The van der Waals surface area contributed by atoms with Crippen molar-refractivity contribution in [2.75, 3.05) is 12.9 Å². The molecular weight excluding hydrogens is 288 g/mol. The summed E-state index contributed by atoms with van der Waals surface area (Å²) in [6.07, 6.45) is 1.68. The van der Waals surface area contributed by atoms with Gasteiger partial charge in [0.1, 0.15) is 0 Å². The van der Waals surface area contributed by atoms with Crippen LogP contribution in [-0.4, -0.2) is 27.6 Å². The first-order chi connectivity index (χ1) is 9.87. The first-order valence-electron chi connectivity index (χ1n) is 7.12. The van der Waals surface area contributed by atoms with Crippen LogP contribution >= 0.6 is 0 Å². The summed E-state index contributed by atoms with van der Waals surface area (Å²) in [6, 6.07) is 7.08. The first-order valence-corrected chi connectivity index (χ1v) is 8.36. The van der Waals surface area contributed by atoms with Crippen molar-refractivity contribution >= 4 is 17.0 Å². The van der Waals surface area contributed by atoms with Gasteiger partial charge in [-0.15, -0.1) is 0 Å². The highest BCUT2D eigenvalue weighted by Crippen LogP contribution is 2.38. The van der Waals surface area contributed by atoms with E-state index in [1.165, 1.54) is 7.11 Å². The number of carbonyl (C=O) groups is 1. The Bertz CT molecular complexity index is 496. The molecule has 4 nitrogen and oxygen atoms in total. The molecule has 0 bridgehead atoms. The van der Waals surface area contributed by atoms with Gasteiger partial charge in [-0.1, -0.05) is 50.4 Å². The molecule has 1 aromatic carbocycles. The normalized spacial score (nSPS) is 15.5. The molecule has 0 amide bonds. The monoisotopic (exact) mass is 311 g/mol. The number of hydrogen-bond donors (Lipinski definition) is 0. The van der Waals surface area contributed by atoms with Crippen LogP contribution in [-0.2, 0) is 21.2 Å². The molecular formula is C16H23O4S-. The summed E-state index contributed by atoms with van der Waals surface area (Å²) in [5, 5.41) is 0. The summed E-state index contributed by atoms with van der Waals surface area (Å²) in [5.74, 6) is -0.116. The molecule has 0 saturated carbocycles. The highest BCUT2D eigenvalue weighted by molar-refractivity contribution is 7.79. The first kappa shape index (κ1) is 17.9. The molecule has 0 aliphatic carbocycles. The summed E-state index contributed by atoms with van der Waals surface area (Å²) < 4.78 is 27.3. The highest BCUT2D eigenvalue weighted by Gasteiger charge is 2.35. The van der Waals surface area contributed by atoms with Gasteiger partial charge in [-0.25, -0.2) is 4.79 Å². The van der Waals surface area contributed by atoms with E-state index in [-0.39, 0.29) is 17.6 Å². The Morgan fingerprint density at radius 3 is 2.29 bits per heavy atom. The number of methoxy groups -OCH3 is 1. The molecule has 1 aromatic rings. The number of hydrogen-bond acceptors (Lipinski definition) is 4. The van der Waals surface area contributed by atoms with Gasteiger partial charge in [0.25, 0.3) is 0 Å². The van der Waals surface area contributed by atoms with E-state index in [1.54, 1.807) is 12.1 Å². The number of carbonyl (C=O) groups excluding carboxylic acids is 1. The van der Waals surface area contributed by atoms with Gasteiger partial charge >= 0.3 is 5.97 Å².